The summed E-state index contributed by atoms with van der Waals surface area (Å²) in [7, 11) is 0. The fourth-order valence-electron chi connectivity index (χ4n) is 3.05. The minimum Gasteiger partial charge on any atom is -0.322 e. The monoisotopic (exact) mass is 414 g/mol. The molecular weight excluding hydrogens is 395 g/mol. The van der Waals surface area contributed by atoms with Crippen LogP contribution in [0, 0.1) is 12.7 Å². The van der Waals surface area contributed by atoms with Crippen LogP contribution in [0.5, 0.6) is 0 Å². The van der Waals surface area contributed by atoms with Crippen molar-refractivity contribution in [3.05, 3.63) is 108 Å². The van der Waals surface area contributed by atoms with Gasteiger partial charge in [-0.25, -0.2) is 9.07 Å². The summed E-state index contributed by atoms with van der Waals surface area (Å²) in [4.78, 5) is 25.0. The lowest BCUT2D eigenvalue weighted by molar-refractivity contribution is 0.101. The Bertz CT molecular complexity index is 1220. The molecule has 4 aromatic rings. The van der Waals surface area contributed by atoms with Crippen LogP contribution in [0.3, 0.4) is 0 Å². The van der Waals surface area contributed by atoms with E-state index in [-0.39, 0.29) is 17.6 Å². The van der Waals surface area contributed by atoms with Gasteiger partial charge in [-0.15, -0.1) is 0 Å². The highest BCUT2D eigenvalue weighted by atomic mass is 19.1. The molecule has 0 bridgehead atoms. The molecule has 0 saturated carbocycles. The molecule has 0 aliphatic carbocycles. The lowest BCUT2D eigenvalue weighted by Gasteiger charge is -2.10. The molecule has 1 heterocycles. The van der Waals surface area contributed by atoms with Crippen molar-refractivity contribution in [3.8, 4) is 5.69 Å². The zero-order valence-corrected chi connectivity index (χ0v) is 16.7. The van der Waals surface area contributed by atoms with Gasteiger partial charge in [0, 0.05) is 22.9 Å². The number of carbonyl (C=O) groups is 2. The Morgan fingerprint density at radius 2 is 1.42 bits per heavy atom. The van der Waals surface area contributed by atoms with Gasteiger partial charge in [-0.2, -0.15) is 5.10 Å². The Kier molecular flexibility index (Phi) is 5.57. The van der Waals surface area contributed by atoms with Gasteiger partial charge in [0.15, 0.2) is 0 Å². The van der Waals surface area contributed by atoms with Crippen molar-refractivity contribution in [3.63, 3.8) is 0 Å². The van der Waals surface area contributed by atoms with Crippen molar-refractivity contribution in [2.45, 2.75) is 6.92 Å². The van der Waals surface area contributed by atoms with E-state index in [9.17, 15) is 14.0 Å². The van der Waals surface area contributed by atoms with Crippen molar-refractivity contribution < 1.29 is 14.0 Å². The molecule has 0 fully saturated rings. The van der Waals surface area contributed by atoms with Gasteiger partial charge in [0.2, 0.25) is 0 Å². The van der Waals surface area contributed by atoms with Gasteiger partial charge in [-0.1, -0.05) is 18.2 Å². The average molecular weight is 414 g/mol. The van der Waals surface area contributed by atoms with Crippen molar-refractivity contribution in [2.24, 2.45) is 0 Å². The maximum Gasteiger partial charge on any atom is 0.256 e. The number of nitrogens with one attached hydrogen (secondary N) is 2. The van der Waals surface area contributed by atoms with Crippen LogP contribution in [0.25, 0.3) is 5.69 Å². The maximum absolute atomic E-state index is 13.2. The number of hydrogen-bond acceptors (Lipinski definition) is 3. The number of carbonyl (C=O) groups excluding carboxylic acids is 2. The minimum absolute atomic E-state index is 0.225. The number of nitrogens with zero attached hydrogens (tertiary/aromatic N) is 2. The van der Waals surface area contributed by atoms with E-state index in [2.05, 4.69) is 15.7 Å². The Hall–Kier alpha value is -4.26. The Balaban J connectivity index is 1.47. The van der Waals surface area contributed by atoms with Crippen LogP contribution in [0.4, 0.5) is 15.9 Å². The number of anilines is 2. The largest absolute Gasteiger partial charge is 0.322 e. The van der Waals surface area contributed by atoms with Gasteiger partial charge in [0.05, 0.1) is 11.4 Å². The third-order valence-corrected chi connectivity index (χ3v) is 4.59. The number of amides is 2. The van der Waals surface area contributed by atoms with E-state index in [1.165, 1.54) is 12.1 Å². The predicted octanol–water partition coefficient (Wildman–Crippen LogP) is 4.82. The summed E-state index contributed by atoms with van der Waals surface area (Å²) in [5, 5.41) is 9.99. The van der Waals surface area contributed by atoms with Crippen LogP contribution in [0.2, 0.25) is 0 Å². The van der Waals surface area contributed by atoms with Crippen LogP contribution in [0.15, 0.2) is 84.9 Å². The molecule has 0 spiro atoms. The lowest BCUT2D eigenvalue weighted by Crippen LogP contribution is -2.15. The first-order valence-corrected chi connectivity index (χ1v) is 9.60. The molecule has 1 aromatic heterocycles. The summed E-state index contributed by atoms with van der Waals surface area (Å²) < 4.78 is 14.8. The normalized spacial score (nSPS) is 10.5. The fourth-order valence-corrected chi connectivity index (χ4v) is 3.05. The summed E-state index contributed by atoms with van der Waals surface area (Å²) in [5.74, 6) is -0.436. The second-order valence-electron chi connectivity index (χ2n) is 6.91. The number of rotatable bonds is 5. The average Bonchev–Trinajstić information content (AvgIpc) is 3.15. The maximum atomic E-state index is 13.2. The summed E-state index contributed by atoms with van der Waals surface area (Å²) in [6.45, 7) is 1.81. The Morgan fingerprint density at radius 3 is 2.10 bits per heavy atom. The highest BCUT2D eigenvalue weighted by Crippen LogP contribution is 2.19. The quantitative estimate of drug-likeness (QED) is 0.491. The first-order chi connectivity index (χ1) is 15.0. The van der Waals surface area contributed by atoms with Crippen molar-refractivity contribution in [1.82, 2.24) is 9.78 Å². The second kappa shape index (κ2) is 8.62. The van der Waals surface area contributed by atoms with Gasteiger partial charge < -0.3 is 10.6 Å². The minimum atomic E-state index is -0.349. The molecule has 2 N–H and O–H groups in total. The number of halogens is 1. The van der Waals surface area contributed by atoms with Crippen LogP contribution < -0.4 is 10.6 Å². The van der Waals surface area contributed by atoms with Crippen LogP contribution in [-0.2, 0) is 0 Å². The molecule has 3 aromatic carbocycles. The lowest BCUT2D eigenvalue weighted by atomic mass is 10.1. The number of aryl methyl sites for hydroxylation is 1. The first-order valence-electron chi connectivity index (χ1n) is 9.60. The van der Waals surface area contributed by atoms with Crippen LogP contribution in [-0.4, -0.2) is 21.6 Å². The van der Waals surface area contributed by atoms with E-state index in [0.29, 0.717) is 34.0 Å². The zero-order valence-electron chi connectivity index (χ0n) is 16.7. The van der Waals surface area contributed by atoms with E-state index in [0.717, 1.165) is 0 Å². The molecule has 4 rings (SSSR count). The SMILES string of the molecule is Cc1cc(NC(=O)c2ccc(NC(=O)c3ccccc3)cc2)n(-c2ccc(F)cc2)n1. The molecule has 0 saturated heterocycles. The van der Waals surface area contributed by atoms with E-state index in [1.807, 2.05) is 6.07 Å². The van der Waals surface area contributed by atoms with E-state index < -0.39 is 0 Å². The van der Waals surface area contributed by atoms with Gasteiger partial charge in [-0.05, 0) is 67.6 Å². The number of hydrogen-bond donors (Lipinski definition) is 2. The standard InChI is InChI=1S/C24H19FN4O2/c1-16-15-22(29(28-16)21-13-9-19(25)10-14-21)27-24(31)18-7-11-20(12-8-18)26-23(30)17-5-3-2-4-6-17/h2-15H,1H3,(H,26,30)(H,27,31). The summed E-state index contributed by atoms with van der Waals surface area (Å²) in [6.07, 6.45) is 0. The predicted molar refractivity (Wildman–Crippen MR) is 117 cm³/mol. The van der Waals surface area contributed by atoms with Gasteiger partial charge in [-0.3, -0.25) is 9.59 Å². The van der Waals surface area contributed by atoms with Gasteiger partial charge in [0.1, 0.15) is 11.6 Å². The third kappa shape index (κ3) is 4.67. The molecule has 154 valence electrons. The molecule has 0 aliphatic heterocycles. The zero-order chi connectivity index (χ0) is 21.8. The smallest absolute Gasteiger partial charge is 0.256 e. The van der Waals surface area contributed by atoms with Crippen molar-refractivity contribution >= 4 is 23.3 Å². The topological polar surface area (TPSA) is 76.0 Å². The molecule has 0 atom stereocenters. The summed E-state index contributed by atoms with van der Waals surface area (Å²) >= 11 is 0. The molecule has 0 radical (unpaired) electrons. The van der Waals surface area contributed by atoms with Crippen molar-refractivity contribution in [1.29, 1.82) is 0 Å². The van der Waals surface area contributed by atoms with E-state index in [1.54, 1.807) is 78.3 Å². The van der Waals surface area contributed by atoms with Crippen LogP contribution >= 0.6 is 0 Å². The van der Waals surface area contributed by atoms with Crippen molar-refractivity contribution in [2.75, 3.05) is 10.6 Å². The first kappa shape index (κ1) is 20.0. The summed E-state index contributed by atoms with van der Waals surface area (Å²) in [6, 6.07) is 23.0. The fraction of sp³-hybridized carbons (Fsp3) is 0.0417. The summed E-state index contributed by atoms with van der Waals surface area (Å²) in [5.41, 5.74) is 2.89. The molecular formula is C24H19FN4O2. The van der Waals surface area contributed by atoms with E-state index in [4.69, 9.17) is 0 Å². The molecule has 0 unspecified atom stereocenters. The second-order valence-corrected chi connectivity index (χ2v) is 6.91. The Labute approximate surface area is 178 Å². The highest BCUT2D eigenvalue weighted by Gasteiger charge is 2.13. The Morgan fingerprint density at radius 1 is 0.806 bits per heavy atom. The number of aromatic nitrogens is 2. The number of benzene rings is 3. The molecule has 6 nitrogen and oxygen atoms in total. The molecule has 31 heavy (non-hydrogen) atoms. The molecule has 2 amide bonds. The van der Waals surface area contributed by atoms with E-state index >= 15 is 0 Å². The third-order valence-electron chi connectivity index (χ3n) is 4.59. The van der Waals surface area contributed by atoms with Crippen LogP contribution in [0.1, 0.15) is 26.4 Å². The molecule has 7 heteroatoms. The van der Waals surface area contributed by atoms with Gasteiger partial charge in [0.25, 0.3) is 11.8 Å². The molecule has 0 aliphatic rings. The highest BCUT2D eigenvalue weighted by molar-refractivity contribution is 6.06. The van der Waals surface area contributed by atoms with Gasteiger partial charge >= 0.3 is 0 Å².